The van der Waals surface area contributed by atoms with Gasteiger partial charge in [-0.15, -0.1) is 0 Å². The van der Waals surface area contributed by atoms with Gasteiger partial charge in [0.2, 0.25) is 0 Å². The molecule has 0 radical (unpaired) electrons. The average Bonchev–Trinajstić information content (AvgIpc) is 2.83. The van der Waals surface area contributed by atoms with Crippen molar-refractivity contribution in [2.24, 2.45) is 0 Å². The highest BCUT2D eigenvalue weighted by molar-refractivity contribution is 5.94. The fourth-order valence-corrected chi connectivity index (χ4v) is 2.36. The topological polar surface area (TPSA) is 66.0 Å². The molecule has 2 heterocycles. The number of ether oxygens (including phenoxy) is 4. The van der Waals surface area contributed by atoms with Crippen molar-refractivity contribution in [2.75, 3.05) is 26.4 Å². The Bertz CT molecular complexity index is 543. The molecule has 0 spiro atoms. The van der Waals surface area contributed by atoms with E-state index in [4.69, 9.17) is 18.9 Å². The number of nitrogens with one attached hydrogen (secondary N) is 1. The zero-order chi connectivity index (χ0) is 14.9. The van der Waals surface area contributed by atoms with E-state index < -0.39 is 5.79 Å². The molecule has 3 rings (SSSR count). The maximum absolute atomic E-state index is 12.1. The molecule has 2 aliphatic rings. The summed E-state index contributed by atoms with van der Waals surface area (Å²) in [6.07, 6.45) is -0.124. The standard InChI is InChI=1S/C15H19NO5/c1-15(2)20-9-11(21-15)8-16-14(17)10-3-4-12-13(7-10)19-6-5-18-12/h3-4,7,11H,5-6,8-9H2,1-2H3,(H,16,17). The SMILES string of the molecule is CC1(C)OCC(CNC(=O)c2ccc3c(c2)OCCO3)O1. The second kappa shape index (κ2) is 5.54. The molecule has 1 atom stereocenters. The fourth-order valence-electron chi connectivity index (χ4n) is 2.36. The summed E-state index contributed by atoms with van der Waals surface area (Å²) in [5.74, 6) is 0.537. The summed E-state index contributed by atoms with van der Waals surface area (Å²) in [6.45, 7) is 5.64. The third kappa shape index (κ3) is 3.28. The van der Waals surface area contributed by atoms with Crippen LogP contribution in [-0.4, -0.2) is 44.2 Å². The highest BCUT2D eigenvalue weighted by Crippen LogP contribution is 2.30. The van der Waals surface area contributed by atoms with Crippen LogP contribution in [0.4, 0.5) is 0 Å². The monoisotopic (exact) mass is 293 g/mol. The minimum Gasteiger partial charge on any atom is -0.486 e. The molecule has 0 aliphatic carbocycles. The van der Waals surface area contributed by atoms with E-state index in [0.717, 1.165) is 0 Å². The highest BCUT2D eigenvalue weighted by atomic mass is 16.7. The van der Waals surface area contributed by atoms with Crippen LogP contribution in [0.3, 0.4) is 0 Å². The molecule has 0 bridgehead atoms. The van der Waals surface area contributed by atoms with Gasteiger partial charge in [-0.1, -0.05) is 0 Å². The van der Waals surface area contributed by atoms with E-state index in [0.29, 0.717) is 43.4 Å². The molecular formula is C15H19NO5. The molecule has 1 aromatic rings. The largest absolute Gasteiger partial charge is 0.486 e. The first-order valence-electron chi connectivity index (χ1n) is 7.03. The van der Waals surface area contributed by atoms with E-state index in [-0.39, 0.29) is 12.0 Å². The van der Waals surface area contributed by atoms with Crippen LogP contribution in [-0.2, 0) is 9.47 Å². The second-order valence-electron chi connectivity index (χ2n) is 5.52. The summed E-state index contributed by atoms with van der Waals surface area (Å²) in [5.41, 5.74) is 0.539. The van der Waals surface area contributed by atoms with E-state index in [9.17, 15) is 4.79 Å². The van der Waals surface area contributed by atoms with Gasteiger partial charge in [0.15, 0.2) is 17.3 Å². The first kappa shape index (κ1) is 14.2. The van der Waals surface area contributed by atoms with Crippen molar-refractivity contribution in [1.82, 2.24) is 5.32 Å². The predicted octanol–water partition coefficient (Wildman–Crippen LogP) is 1.34. The van der Waals surface area contributed by atoms with E-state index in [1.807, 2.05) is 13.8 Å². The van der Waals surface area contributed by atoms with Crippen LogP contribution in [0.25, 0.3) is 0 Å². The van der Waals surface area contributed by atoms with Gasteiger partial charge < -0.3 is 24.3 Å². The van der Waals surface area contributed by atoms with Crippen LogP contribution in [0, 0.1) is 0 Å². The predicted molar refractivity (Wildman–Crippen MR) is 74.7 cm³/mol. The normalized spacial score (nSPS) is 22.9. The molecule has 0 saturated carbocycles. The highest BCUT2D eigenvalue weighted by Gasteiger charge is 2.32. The lowest BCUT2D eigenvalue weighted by Gasteiger charge is -2.19. The fraction of sp³-hybridized carbons (Fsp3) is 0.533. The van der Waals surface area contributed by atoms with E-state index in [1.54, 1.807) is 18.2 Å². The summed E-state index contributed by atoms with van der Waals surface area (Å²) in [7, 11) is 0. The smallest absolute Gasteiger partial charge is 0.251 e. The minimum absolute atomic E-state index is 0.124. The van der Waals surface area contributed by atoms with Gasteiger partial charge in [0.25, 0.3) is 5.91 Å². The Balaban J connectivity index is 1.58. The van der Waals surface area contributed by atoms with Crippen molar-refractivity contribution in [1.29, 1.82) is 0 Å². The molecule has 1 saturated heterocycles. The minimum atomic E-state index is -0.577. The summed E-state index contributed by atoms with van der Waals surface area (Å²) in [4.78, 5) is 12.1. The number of carbonyl (C=O) groups is 1. The van der Waals surface area contributed by atoms with Gasteiger partial charge in [0, 0.05) is 12.1 Å². The van der Waals surface area contributed by atoms with Gasteiger partial charge in [-0.2, -0.15) is 0 Å². The number of fused-ring (bicyclic) bond motifs is 1. The average molecular weight is 293 g/mol. The van der Waals surface area contributed by atoms with Crippen LogP contribution in [0.1, 0.15) is 24.2 Å². The maximum atomic E-state index is 12.1. The Labute approximate surface area is 123 Å². The van der Waals surface area contributed by atoms with Crippen molar-refractivity contribution >= 4 is 5.91 Å². The second-order valence-corrected chi connectivity index (χ2v) is 5.52. The van der Waals surface area contributed by atoms with Gasteiger partial charge in [-0.25, -0.2) is 0 Å². The van der Waals surface area contributed by atoms with E-state index in [1.165, 1.54) is 0 Å². The van der Waals surface area contributed by atoms with Crippen molar-refractivity contribution in [3.63, 3.8) is 0 Å². The molecule has 1 aromatic carbocycles. The molecule has 1 amide bonds. The zero-order valence-corrected chi connectivity index (χ0v) is 12.2. The lowest BCUT2D eigenvalue weighted by atomic mass is 10.2. The Morgan fingerprint density at radius 2 is 2.05 bits per heavy atom. The number of hydrogen-bond acceptors (Lipinski definition) is 5. The quantitative estimate of drug-likeness (QED) is 0.911. The molecular weight excluding hydrogens is 274 g/mol. The Morgan fingerprint density at radius 1 is 1.29 bits per heavy atom. The third-order valence-corrected chi connectivity index (χ3v) is 3.36. The molecule has 6 heteroatoms. The van der Waals surface area contributed by atoms with Crippen molar-refractivity contribution < 1.29 is 23.7 Å². The number of hydrogen-bond donors (Lipinski definition) is 1. The first-order valence-corrected chi connectivity index (χ1v) is 7.03. The maximum Gasteiger partial charge on any atom is 0.251 e. The summed E-state index contributed by atoms with van der Waals surface area (Å²) < 4.78 is 22.0. The van der Waals surface area contributed by atoms with Crippen LogP contribution >= 0.6 is 0 Å². The molecule has 1 N–H and O–H groups in total. The number of benzene rings is 1. The van der Waals surface area contributed by atoms with E-state index >= 15 is 0 Å². The Morgan fingerprint density at radius 3 is 2.76 bits per heavy atom. The number of amides is 1. The number of carbonyl (C=O) groups excluding carboxylic acids is 1. The van der Waals surface area contributed by atoms with Crippen molar-refractivity contribution in [3.05, 3.63) is 23.8 Å². The Hall–Kier alpha value is -1.79. The Kier molecular flexibility index (Phi) is 3.73. The molecule has 21 heavy (non-hydrogen) atoms. The molecule has 2 aliphatic heterocycles. The van der Waals surface area contributed by atoms with Crippen LogP contribution in [0.15, 0.2) is 18.2 Å². The molecule has 0 aromatic heterocycles. The van der Waals surface area contributed by atoms with Gasteiger partial charge >= 0.3 is 0 Å². The van der Waals surface area contributed by atoms with E-state index in [2.05, 4.69) is 5.32 Å². The zero-order valence-electron chi connectivity index (χ0n) is 12.2. The molecule has 114 valence electrons. The van der Waals surface area contributed by atoms with Crippen LogP contribution in [0.2, 0.25) is 0 Å². The van der Waals surface area contributed by atoms with Gasteiger partial charge in [0.05, 0.1) is 6.61 Å². The third-order valence-electron chi connectivity index (χ3n) is 3.36. The van der Waals surface area contributed by atoms with Crippen LogP contribution in [0.5, 0.6) is 11.5 Å². The van der Waals surface area contributed by atoms with Gasteiger partial charge in [0.1, 0.15) is 19.3 Å². The lowest BCUT2D eigenvalue weighted by molar-refractivity contribution is -0.137. The van der Waals surface area contributed by atoms with Gasteiger partial charge in [-0.05, 0) is 32.0 Å². The summed E-state index contributed by atoms with van der Waals surface area (Å²) >= 11 is 0. The lowest BCUT2D eigenvalue weighted by Crippen LogP contribution is -2.34. The summed E-state index contributed by atoms with van der Waals surface area (Å²) in [5, 5.41) is 2.85. The molecule has 1 fully saturated rings. The molecule has 1 unspecified atom stereocenters. The summed E-state index contributed by atoms with van der Waals surface area (Å²) in [6, 6.07) is 5.17. The van der Waals surface area contributed by atoms with Crippen molar-refractivity contribution in [3.8, 4) is 11.5 Å². The van der Waals surface area contributed by atoms with Crippen LogP contribution < -0.4 is 14.8 Å². The molecule has 6 nitrogen and oxygen atoms in total. The number of rotatable bonds is 3. The van der Waals surface area contributed by atoms with Gasteiger partial charge in [-0.3, -0.25) is 4.79 Å². The van der Waals surface area contributed by atoms with Crippen molar-refractivity contribution in [2.45, 2.75) is 25.7 Å². The first-order chi connectivity index (χ1) is 10.0.